The first-order valence-corrected chi connectivity index (χ1v) is 6.78. The van der Waals surface area contributed by atoms with Crippen LogP contribution in [0.2, 0.25) is 0 Å². The number of hydrogen-bond acceptors (Lipinski definition) is 1. The second kappa shape index (κ2) is 5.70. The Morgan fingerprint density at radius 3 is 2.94 bits per heavy atom. The Hall–Kier alpha value is -1.09. The molecule has 0 aromatic heterocycles. The minimum Gasteiger partial charge on any atom is -0.349 e. The van der Waals surface area contributed by atoms with Crippen molar-refractivity contribution in [3.05, 3.63) is 35.1 Å². The maximum absolute atomic E-state index is 13.1. The van der Waals surface area contributed by atoms with Crippen LogP contribution in [-0.2, 0) is 0 Å². The predicted octanol–water partition coefficient (Wildman–Crippen LogP) is 3.27. The molecule has 0 aliphatic heterocycles. The van der Waals surface area contributed by atoms with E-state index in [2.05, 4.69) is 5.32 Å². The number of alkyl halides is 1. The third kappa shape index (κ3) is 2.83. The van der Waals surface area contributed by atoms with E-state index in [0.29, 0.717) is 22.9 Å². The standard InChI is InChI=1S/C14H17ClFNO/c1-9-7-10(5-6-12(9)16)14(18)17-13-4-2-3-11(13)8-15/h5-7,11,13H,2-4,8H2,1H3,(H,17,18). The van der Waals surface area contributed by atoms with Crippen LogP contribution in [0.3, 0.4) is 0 Å². The van der Waals surface area contributed by atoms with Crippen LogP contribution in [0.25, 0.3) is 0 Å². The van der Waals surface area contributed by atoms with E-state index in [1.54, 1.807) is 13.0 Å². The van der Waals surface area contributed by atoms with Gasteiger partial charge in [0.05, 0.1) is 0 Å². The lowest BCUT2D eigenvalue weighted by molar-refractivity contribution is 0.0930. The number of carbonyl (C=O) groups is 1. The highest BCUT2D eigenvalue weighted by Gasteiger charge is 2.28. The first-order valence-electron chi connectivity index (χ1n) is 6.25. The van der Waals surface area contributed by atoms with Crippen LogP contribution in [0.1, 0.15) is 35.2 Å². The number of rotatable bonds is 3. The molecule has 1 fully saturated rings. The van der Waals surface area contributed by atoms with Crippen molar-refractivity contribution in [3.8, 4) is 0 Å². The Morgan fingerprint density at radius 1 is 1.50 bits per heavy atom. The third-order valence-corrected chi connectivity index (χ3v) is 3.99. The summed E-state index contributed by atoms with van der Waals surface area (Å²) in [7, 11) is 0. The Morgan fingerprint density at radius 2 is 2.28 bits per heavy atom. The Balaban J connectivity index is 2.05. The number of carbonyl (C=O) groups excluding carboxylic acids is 1. The molecule has 98 valence electrons. The van der Waals surface area contributed by atoms with E-state index in [9.17, 15) is 9.18 Å². The van der Waals surface area contributed by atoms with Crippen LogP contribution in [0.5, 0.6) is 0 Å². The Kier molecular flexibility index (Phi) is 4.23. The van der Waals surface area contributed by atoms with Crippen LogP contribution in [0, 0.1) is 18.7 Å². The number of amides is 1. The second-order valence-electron chi connectivity index (χ2n) is 4.89. The molecule has 4 heteroatoms. The van der Waals surface area contributed by atoms with E-state index in [-0.39, 0.29) is 17.8 Å². The number of aryl methyl sites for hydroxylation is 1. The summed E-state index contributed by atoms with van der Waals surface area (Å²) in [4.78, 5) is 12.0. The molecule has 2 nitrogen and oxygen atoms in total. The fourth-order valence-corrected chi connectivity index (χ4v) is 2.82. The molecule has 1 amide bonds. The van der Waals surface area contributed by atoms with Gasteiger partial charge in [0.15, 0.2) is 0 Å². The normalized spacial score (nSPS) is 23.1. The molecule has 1 aliphatic carbocycles. The summed E-state index contributed by atoms with van der Waals surface area (Å²) >= 11 is 5.88. The predicted molar refractivity (Wildman–Crippen MR) is 70.5 cm³/mol. The molecule has 18 heavy (non-hydrogen) atoms. The molecule has 0 radical (unpaired) electrons. The summed E-state index contributed by atoms with van der Waals surface area (Å²) in [5, 5.41) is 3.00. The molecule has 2 unspecified atom stereocenters. The number of hydrogen-bond donors (Lipinski definition) is 1. The maximum atomic E-state index is 13.1. The van der Waals surface area contributed by atoms with Crippen molar-refractivity contribution < 1.29 is 9.18 Å². The van der Waals surface area contributed by atoms with Crippen LogP contribution < -0.4 is 5.32 Å². The van der Waals surface area contributed by atoms with Crippen LogP contribution in [0.15, 0.2) is 18.2 Å². The first-order chi connectivity index (χ1) is 8.61. The highest BCUT2D eigenvalue weighted by atomic mass is 35.5. The van der Waals surface area contributed by atoms with Crippen molar-refractivity contribution in [2.75, 3.05) is 5.88 Å². The Bertz CT molecular complexity index is 449. The Labute approximate surface area is 112 Å². The third-order valence-electron chi connectivity index (χ3n) is 3.59. The van der Waals surface area contributed by atoms with Gasteiger partial charge in [-0.15, -0.1) is 11.6 Å². The van der Waals surface area contributed by atoms with Gasteiger partial charge in [-0.05, 0) is 49.4 Å². The maximum Gasteiger partial charge on any atom is 0.251 e. The molecule has 2 rings (SSSR count). The summed E-state index contributed by atoms with van der Waals surface area (Å²) in [6, 6.07) is 4.58. The molecule has 0 spiro atoms. The molecule has 2 atom stereocenters. The zero-order valence-electron chi connectivity index (χ0n) is 10.4. The molecule has 1 aromatic rings. The lowest BCUT2D eigenvalue weighted by Crippen LogP contribution is -2.38. The summed E-state index contributed by atoms with van der Waals surface area (Å²) in [6.45, 7) is 1.66. The van der Waals surface area contributed by atoms with Gasteiger partial charge < -0.3 is 5.32 Å². The molecule has 1 aromatic carbocycles. The number of benzene rings is 1. The first kappa shape index (κ1) is 13.3. The molecular weight excluding hydrogens is 253 g/mol. The van der Waals surface area contributed by atoms with Crippen molar-refractivity contribution in [2.24, 2.45) is 5.92 Å². The van der Waals surface area contributed by atoms with Gasteiger partial charge in [-0.1, -0.05) is 6.42 Å². The summed E-state index contributed by atoms with van der Waals surface area (Å²) in [5.41, 5.74) is 0.997. The van der Waals surface area contributed by atoms with E-state index in [1.165, 1.54) is 12.1 Å². The highest BCUT2D eigenvalue weighted by molar-refractivity contribution is 6.18. The molecule has 1 aliphatic rings. The van der Waals surface area contributed by atoms with E-state index >= 15 is 0 Å². The zero-order valence-corrected chi connectivity index (χ0v) is 11.1. The van der Waals surface area contributed by atoms with Crippen LogP contribution >= 0.6 is 11.6 Å². The van der Waals surface area contributed by atoms with Crippen molar-refractivity contribution >= 4 is 17.5 Å². The largest absolute Gasteiger partial charge is 0.349 e. The lowest BCUT2D eigenvalue weighted by atomic mass is 10.1. The molecule has 0 saturated heterocycles. The SMILES string of the molecule is Cc1cc(C(=O)NC2CCCC2CCl)ccc1F. The summed E-state index contributed by atoms with van der Waals surface area (Å²) in [6.07, 6.45) is 3.14. The van der Waals surface area contributed by atoms with Gasteiger partial charge in [-0.3, -0.25) is 4.79 Å². The minimum atomic E-state index is -0.286. The van der Waals surface area contributed by atoms with E-state index in [1.807, 2.05) is 0 Å². The molecule has 0 bridgehead atoms. The van der Waals surface area contributed by atoms with Crippen molar-refractivity contribution in [3.63, 3.8) is 0 Å². The van der Waals surface area contributed by atoms with Gasteiger partial charge in [-0.25, -0.2) is 4.39 Å². The number of nitrogens with one attached hydrogen (secondary N) is 1. The fourth-order valence-electron chi connectivity index (χ4n) is 2.45. The highest BCUT2D eigenvalue weighted by Crippen LogP contribution is 2.26. The molecular formula is C14H17ClFNO. The quantitative estimate of drug-likeness (QED) is 0.839. The van der Waals surface area contributed by atoms with Gasteiger partial charge in [0.1, 0.15) is 5.82 Å². The van der Waals surface area contributed by atoms with Gasteiger partial charge in [0.25, 0.3) is 5.91 Å². The van der Waals surface area contributed by atoms with Crippen molar-refractivity contribution in [1.82, 2.24) is 5.32 Å². The minimum absolute atomic E-state index is 0.139. The van der Waals surface area contributed by atoms with E-state index < -0.39 is 0 Å². The summed E-state index contributed by atoms with van der Waals surface area (Å²) < 4.78 is 13.1. The second-order valence-corrected chi connectivity index (χ2v) is 5.20. The van der Waals surface area contributed by atoms with Gasteiger partial charge in [0.2, 0.25) is 0 Å². The van der Waals surface area contributed by atoms with Crippen molar-refractivity contribution in [2.45, 2.75) is 32.2 Å². The fraction of sp³-hybridized carbons (Fsp3) is 0.500. The average molecular weight is 270 g/mol. The topological polar surface area (TPSA) is 29.1 Å². The summed E-state index contributed by atoms with van der Waals surface area (Å²) in [5.74, 6) is 0.510. The number of halogens is 2. The lowest BCUT2D eigenvalue weighted by Gasteiger charge is -2.19. The zero-order chi connectivity index (χ0) is 13.1. The smallest absolute Gasteiger partial charge is 0.251 e. The van der Waals surface area contributed by atoms with E-state index in [0.717, 1.165) is 19.3 Å². The van der Waals surface area contributed by atoms with Crippen LogP contribution in [-0.4, -0.2) is 17.8 Å². The average Bonchev–Trinajstić information content (AvgIpc) is 2.79. The molecule has 1 N–H and O–H groups in total. The molecule has 1 saturated carbocycles. The van der Waals surface area contributed by atoms with Crippen molar-refractivity contribution in [1.29, 1.82) is 0 Å². The monoisotopic (exact) mass is 269 g/mol. The van der Waals surface area contributed by atoms with Gasteiger partial charge in [-0.2, -0.15) is 0 Å². The molecule has 0 heterocycles. The van der Waals surface area contributed by atoms with Gasteiger partial charge >= 0.3 is 0 Å². The van der Waals surface area contributed by atoms with Crippen LogP contribution in [0.4, 0.5) is 4.39 Å². The van der Waals surface area contributed by atoms with Gasteiger partial charge in [0, 0.05) is 17.5 Å². The van der Waals surface area contributed by atoms with E-state index in [4.69, 9.17) is 11.6 Å².